The number of carbonyl (C=O) groups excluding carboxylic acids is 1. The van der Waals surface area contributed by atoms with E-state index in [-0.39, 0.29) is 10.7 Å². The third kappa shape index (κ3) is 2.13. The van der Waals surface area contributed by atoms with Gasteiger partial charge in [0, 0.05) is 6.20 Å². The number of aromatic nitrogens is 3. The minimum Gasteiger partial charge on any atom is -0.313 e. The molecule has 0 aliphatic heterocycles. The summed E-state index contributed by atoms with van der Waals surface area (Å²) in [5, 5.41) is 0.214. The maximum absolute atomic E-state index is 11.9. The first-order chi connectivity index (χ1) is 8.00. The second-order valence-electron chi connectivity index (χ2n) is 3.15. The molecule has 8 heteroatoms. The maximum Gasteiger partial charge on any atom is 0.334 e. The van der Waals surface area contributed by atoms with Crippen molar-refractivity contribution in [2.45, 2.75) is 6.92 Å². The lowest BCUT2D eigenvalue weighted by molar-refractivity contribution is 0.101. The Balaban J connectivity index is 2.78. The molecule has 0 aliphatic rings. The molecule has 0 fully saturated rings. The van der Waals surface area contributed by atoms with E-state index in [9.17, 15) is 14.4 Å². The largest absolute Gasteiger partial charge is 0.334 e. The van der Waals surface area contributed by atoms with Gasteiger partial charge in [-0.3, -0.25) is 9.59 Å². The molecular weight excluding hydrogens is 310 g/mol. The van der Waals surface area contributed by atoms with Crippen LogP contribution in [0.4, 0.5) is 0 Å². The van der Waals surface area contributed by atoms with Gasteiger partial charge in [-0.15, -0.1) is 0 Å². The van der Waals surface area contributed by atoms with E-state index in [0.717, 1.165) is 22.1 Å². The highest BCUT2D eigenvalue weighted by molar-refractivity contribution is 9.11. The Morgan fingerprint density at radius 3 is 2.76 bits per heavy atom. The Bertz CT molecular complexity index is 700. The Labute approximate surface area is 107 Å². The van der Waals surface area contributed by atoms with Crippen LogP contribution < -0.4 is 11.2 Å². The summed E-state index contributed by atoms with van der Waals surface area (Å²) in [5.74, 6) is -0.407. The fourth-order valence-corrected chi connectivity index (χ4v) is 2.43. The zero-order valence-electron chi connectivity index (χ0n) is 8.56. The number of hydrogen-bond acceptors (Lipinski definition) is 5. The highest BCUT2D eigenvalue weighted by atomic mass is 79.9. The van der Waals surface area contributed by atoms with Crippen molar-refractivity contribution in [3.8, 4) is 5.13 Å². The summed E-state index contributed by atoms with van der Waals surface area (Å²) in [6, 6.07) is 0. The van der Waals surface area contributed by atoms with Crippen molar-refractivity contribution in [2.75, 3.05) is 0 Å². The van der Waals surface area contributed by atoms with Gasteiger partial charge in [0.1, 0.15) is 0 Å². The van der Waals surface area contributed by atoms with E-state index in [4.69, 9.17) is 0 Å². The van der Waals surface area contributed by atoms with E-state index in [0.29, 0.717) is 3.79 Å². The van der Waals surface area contributed by atoms with Crippen molar-refractivity contribution < 1.29 is 4.79 Å². The number of carbonyl (C=O) groups is 1. The molecule has 0 saturated heterocycles. The van der Waals surface area contributed by atoms with Crippen molar-refractivity contribution in [2.24, 2.45) is 0 Å². The highest BCUT2D eigenvalue weighted by Gasteiger charge is 2.14. The van der Waals surface area contributed by atoms with Crippen LogP contribution in [0.3, 0.4) is 0 Å². The zero-order chi connectivity index (χ0) is 12.6. The van der Waals surface area contributed by atoms with Crippen LogP contribution >= 0.6 is 27.3 Å². The first kappa shape index (κ1) is 11.9. The average molecular weight is 316 g/mol. The summed E-state index contributed by atoms with van der Waals surface area (Å²) >= 11 is 4.31. The van der Waals surface area contributed by atoms with E-state index < -0.39 is 17.0 Å². The van der Waals surface area contributed by atoms with Gasteiger partial charge in [0.05, 0.1) is 15.5 Å². The first-order valence-corrected chi connectivity index (χ1v) is 6.09. The Morgan fingerprint density at radius 1 is 1.53 bits per heavy atom. The summed E-state index contributed by atoms with van der Waals surface area (Å²) in [6.07, 6.45) is 2.60. The molecule has 0 aliphatic carbocycles. The van der Waals surface area contributed by atoms with E-state index in [1.807, 2.05) is 0 Å². The Hall–Kier alpha value is -1.54. The average Bonchev–Trinajstić information content (AvgIpc) is 2.64. The van der Waals surface area contributed by atoms with Gasteiger partial charge in [-0.05, 0) is 22.9 Å². The van der Waals surface area contributed by atoms with Crippen LogP contribution in [0.5, 0.6) is 0 Å². The Kier molecular flexibility index (Phi) is 3.07. The van der Waals surface area contributed by atoms with Gasteiger partial charge < -0.3 is 4.98 Å². The number of rotatable bonds is 2. The van der Waals surface area contributed by atoms with Crippen LogP contribution in [0, 0.1) is 0 Å². The topological polar surface area (TPSA) is 84.8 Å². The quantitative estimate of drug-likeness (QED) is 0.836. The lowest BCUT2D eigenvalue weighted by atomic mass is 10.2. The van der Waals surface area contributed by atoms with Gasteiger partial charge in [-0.25, -0.2) is 14.3 Å². The molecule has 0 spiro atoms. The van der Waals surface area contributed by atoms with Crippen molar-refractivity contribution >= 4 is 33.0 Å². The van der Waals surface area contributed by atoms with Gasteiger partial charge in [0.2, 0.25) is 5.13 Å². The van der Waals surface area contributed by atoms with Gasteiger partial charge in [-0.1, -0.05) is 11.3 Å². The van der Waals surface area contributed by atoms with Gasteiger partial charge >= 0.3 is 5.69 Å². The molecular formula is C9H6BrN3O3S. The lowest BCUT2D eigenvalue weighted by Crippen LogP contribution is -2.36. The number of nitrogens with zero attached hydrogens (tertiary/aromatic N) is 2. The molecule has 0 unspecified atom stereocenters. The summed E-state index contributed by atoms with van der Waals surface area (Å²) in [4.78, 5) is 40.9. The summed E-state index contributed by atoms with van der Waals surface area (Å²) in [5.41, 5.74) is -1.36. The third-order valence-corrected chi connectivity index (χ3v) is 3.47. The van der Waals surface area contributed by atoms with Crippen LogP contribution in [0.15, 0.2) is 25.8 Å². The number of nitrogens with one attached hydrogen (secondary N) is 1. The van der Waals surface area contributed by atoms with Crippen molar-refractivity contribution in [3.05, 3.63) is 42.6 Å². The maximum atomic E-state index is 11.9. The number of thiazole rings is 1. The van der Waals surface area contributed by atoms with Crippen molar-refractivity contribution in [1.82, 2.24) is 14.5 Å². The highest BCUT2D eigenvalue weighted by Crippen LogP contribution is 2.20. The van der Waals surface area contributed by atoms with Crippen molar-refractivity contribution in [1.29, 1.82) is 0 Å². The van der Waals surface area contributed by atoms with Crippen LogP contribution in [0.25, 0.3) is 5.13 Å². The second kappa shape index (κ2) is 4.38. The fourth-order valence-electron chi connectivity index (χ4n) is 1.25. The lowest BCUT2D eigenvalue weighted by Gasteiger charge is -2.00. The molecule has 0 aromatic carbocycles. The molecule has 6 nitrogen and oxygen atoms in total. The molecule has 17 heavy (non-hydrogen) atoms. The summed E-state index contributed by atoms with van der Waals surface area (Å²) in [7, 11) is 0. The molecule has 88 valence electrons. The van der Waals surface area contributed by atoms with E-state index in [2.05, 4.69) is 25.9 Å². The van der Waals surface area contributed by atoms with E-state index in [1.54, 1.807) is 0 Å². The summed E-state index contributed by atoms with van der Waals surface area (Å²) < 4.78 is 1.53. The van der Waals surface area contributed by atoms with Crippen LogP contribution in [0.1, 0.15) is 17.3 Å². The summed E-state index contributed by atoms with van der Waals surface area (Å²) in [6.45, 7) is 1.26. The number of H-pyrrole nitrogens is 1. The predicted octanol–water partition coefficient (Wildman–Crippen LogP) is 0.947. The van der Waals surface area contributed by atoms with Crippen molar-refractivity contribution in [3.63, 3.8) is 0 Å². The SMILES string of the molecule is CC(=O)c1c[nH]c(=O)n(-c2ncc(Br)s2)c1=O. The van der Waals surface area contributed by atoms with E-state index >= 15 is 0 Å². The van der Waals surface area contributed by atoms with E-state index in [1.165, 1.54) is 13.1 Å². The number of hydrogen-bond donors (Lipinski definition) is 1. The minimum atomic E-state index is -0.664. The molecule has 0 saturated carbocycles. The molecule has 2 heterocycles. The molecule has 2 aromatic rings. The molecule has 2 rings (SSSR count). The third-order valence-electron chi connectivity index (χ3n) is 2.01. The fraction of sp³-hybridized carbons (Fsp3) is 0.111. The number of Topliss-reactive ketones (excluding diaryl/α,β-unsaturated/α-hetero) is 1. The number of ketones is 1. The predicted molar refractivity (Wildman–Crippen MR) is 66.0 cm³/mol. The number of halogens is 1. The van der Waals surface area contributed by atoms with Gasteiger partial charge in [0.15, 0.2) is 5.78 Å². The number of aromatic amines is 1. The Morgan fingerprint density at radius 2 is 2.24 bits per heavy atom. The molecule has 0 atom stereocenters. The minimum absolute atomic E-state index is 0.0732. The standard InChI is InChI=1S/C9H6BrN3O3S/c1-4(14)5-2-11-8(16)13(7(5)15)9-12-3-6(10)17-9/h2-3H,1H3,(H,11,16). The monoisotopic (exact) mass is 315 g/mol. The molecule has 0 radical (unpaired) electrons. The van der Waals surface area contributed by atoms with Gasteiger partial charge in [0.25, 0.3) is 5.56 Å². The smallest absolute Gasteiger partial charge is 0.313 e. The van der Waals surface area contributed by atoms with Crippen LogP contribution in [-0.4, -0.2) is 20.3 Å². The van der Waals surface area contributed by atoms with Crippen LogP contribution in [0.2, 0.25) is 0 Å². The van der Waals surface area contributed by atoms with Gasteiger partial charge in [-0.2, -0.15) is 0 Å². The molecule has 1 N–H and O–H groups in total. The second-order valence-corrected chi connectivity index (χ2v) is 5.54. The normalized spacial score (nSPS) is 10.5. The molecule has 0 bridgehead atoms. The molecule has 0 amide bonds. The first-order valence-electron chi connectivity index (χ1n) is 4.48. The molecule has 2 aromatic heterocycles. The zero-order valence-corrected chi connectivity index (χ0v) is 11.0. The van der Waals surface area contributed by atoms with Crippen LogP contribution in [-0.2, 0) is 0 Å².